The second kappa shape index (κ2) is 6.77. The van der Waals surface area contributed by atoms with E-state index in [2.05, 4.69) is 0 Å². The highest BCUT2D eigenvalue weighted by Gasteiger charge is 2.16. The van der Waals surface area contributed by atoms with Crippen molar-refractivity contribution in [2.24, 2.45) is 5.73 Å². The number of anilines is 1. The van der Waals surface area contributed by atoms with Crippen LogP contribution in [0.4, 0.5) is 14.5 Å². The van der Waals surface area contributed by atoms with Crippen molar-refractivity contribution in [2.45, 2.75) is 6.42 Å². The van der Waals surface area contributed by atoms with E-state index in [1.807, 2.05) is 19.0 Å². The molecule has 0 aliphatic rings. The van der Waals surface area contributed by atoms with Crippen molar-refractivity contribution in [1.29, 1.82) is 0 Å². The molecule has 0 fully saturated rings. The Morgan fingerprint density at radius 2 is 1.68 bits per heavy atom. The van der Waals surface area contributed by atoms with Crippen LogP contribution in [0, 0.1) is 11.6 Å². The van der Waals surface area contributed by atoms with Crippen molar-refractivity contribution in [1.82, 2.24) is 4.90 Å². The van der Waals surface area contributed by atoms with Gasteiger partial charge in [0.05, 0.1) is 0 Å². The number of thiocarbonyl (C=S) groups is 1. The summed E-state index contributed by atoms with van der Waals surface area (Å²) in [6.45, 7) is 1.43. The number of nitrogens with zero attached hydrogens (tertiary/aromatic N) is 2. The fourth-order valence-corrected chi connectivity index (χ4v) is 1.93. The maximum atomic E-state index is 13.9. The molecule has 1 aromatic rings. The Morgan fingerprint density at radius 1 is 1.16 bits per heavy atom. The molecule has 0 radical (unpaired) electrons. The van der Waals surface area contributed by atoms with E-state index < -0.39 is 11.6 Å². The van der Waals surface area contributed by atoms with E-state index in [1.54, 1.807) is 11.9 Å². The van der Waals surface area contributed by atoms with Gasteiger partial charge in [0, 0.05) is 19.2 Å². The van der Waals surface area contributed by atoms with Gasteiger partial charge in [0.2, 0.25) is 0 Å². The third-order valence-corrected chi connectivity index (χ3v) is 3.02. The lowest BCUT2D eigenvalue weighted by atomic mass is 10.1. The molecule has 2 N–H and O–H groups in total. The van der Waals surface area contributed by atoms with E-state index >= 15 is 0 Å². The van der Waals surface area contributed by atoms with Gasteiger partial charge in [-0.1, -0.05) is 12.2 Å². The van der Waals surface area contributed by atoms with E-state index in [0.29, 0.717) is 6.54 Å². The summed E-state index contributed by atoms with van der Waals surface area (Å²) in [5, 5.41) is 0. The first-order chi connectivity index (χ1) is 8.82. The summed E-state index contributed by atoms with van der Waals surface area (Å²) in [6, 6.07) is 2.34. The van der Waals surface area contributed by atoms with Gasteiger partial charge in [-0.3, -0.25) is 0 Å². The molecular formula is C13H19F2N3S. The molecule has 3 nitrogen and oxygen atoms in total. The minimum Gasteiger partial charge on any atom is -0.389 e. The SMILES string of the molecule is CN(C)CCCN(C)c1c(F)cc(C(N)=S)cc1F. The van der Waals surface area contributed by atoms with Gasteiger partial charge in [0.1, 0.15) is 22.3 Å². The molecule has 0 spiro atoms. The fraction of sp³-hybridized carbons (Fsp3) is 0.462. The largest absolute Gasteiger partial charge is 0.389 e. The van der Waals surface area contributed by atoms with Crippen LogP contribution in [-0.2, 0) is 0 Å². The summed E-state index contributed by atoms with van der Waals surface area (Å²) in [5.74, 6) is -1.29. The predicted molar refractivity (Wildman–Crippen MR) is 78.7 cm³/mol. The lowest BCUT2D eigenvalue weighted by Gasteiger charge is -2.22. The summed E-state index contributed by atoms with van der Waals surface area (Å²) in [5.41, 5.74) is 5.53. The Labute approximate surface area is 118 Å². The molecule has 0 aromatic heterocycles. The maximum Gasteiger partial charge on any atom is 0.150 e. The predicted octanol–water partition coefficient (Wildman–Crippen LogP) is 1.99. The average molecular weight is 287 g/mol. The molecule has 0 heterocycles. The van der Waals surface area contributed by atoms with Gasteiger partial charge in [0.15, 0.2) is 0 Å². The van der Waals surface area contributed by atoms with Crippen LogP contribution in [-0.4, -0.2) is 44.1 Å². The van der Waals surface area contributed by atoms with Crippen molar-refractivity contribution < 1.29 is 8.78 Å². The van der Waals surface area contributed by atoms with Crippen molar-refractivity contribution in [3.8, 4) is 0 Å². The molecule has 0 saturated carbocycles. The quantitative estimate of drug-likeness (QED) is 0.811. The zero-order valence-electron chi connectivity index (χ0n) is 11.4. The number of rotatable bonds is 6. The molecule has 0 aliphatic carbocycles. The smallest absolute Gasteiger partial charge is 0.150 e. The van der Waals surface area contributed by atoms with Crippen LogP contribution >= 0.6 is 12.2 Å². The summed E-state index contributed by atoms with van der Waals surface area (Å²) < 4.78 is 27.8. The first kappa shape index (κ1) is 15.8. The van der Waals surface area contributed by atoms with Crippen LogP contribution < -0.4 is 10.6 Å². The molecule has 6 heteroatoms. The van der Waals surface area contributed by atoms with Crippen molar-refractivity contribution >= 4 is 22.9 Å². The first-order valence-electron chi connectivity index (χ1n) is 5.97. The Bertz CT molecular complexity index is 440. The molecule has 1 aromatic carbocycles. The minimum absolute atomic E-state index is 0.0142. The van der Waals surface area contributed by atoms with E-state index in [-0.39, 0.29) is 16.2 Å². The summed E-state index contributed by atoms with van der Waals surface area (Å²) in [6.07, 6.45) is 0.819. The van der Waals surface area contributed by atoms with Crippen LogP contribution in [0.15, 0.2) is 12.1 Å². The molecule has 0 atom stereocenters. The summed E-state index contributed by atoms with van der Waals surface area (Å²) in [7, 11) is 5.58. The number of halogens is 2. The highest BCUT2D eigenvalue weighted by Crippen LogP contribution is 2.24. The van der Waals surface area contributed by atoms with Crippen molar-refractivity contribution in [2.75, 3.05) is 39.1 Å². The second-order valence-corrected chi connectivity index (χ2v) is 5.17. The van der Waals surface area contributed by atoms with Gasteiger partial charge < -0.3 is 15.5 Å². The molecule has 0 bridgehead atoms. The van der Waals surface area contributed by atoms with Gasteiger partial charge in [-0.15, -0.1) is 0 Å². The Kier molecular flexibility index (Phi) is 5.62. The molecule has 0 unspecified atom stereocenters. The Balaban J connectivity index is 2.85. The zero-order valence-corrected chi connectivity index (χ0v) is 12.2. The molecule has 19 heavy (non-hydrogen) atoms. The van der Waals surface area contributed by atoms with E-state index in [9.17, 15) is 8.78 Å². The molecular weight excluding hydrogens is 268 g/mol. The molecule has 0 saturated heterocycles. The van der Waals surface area contributed by atoms with Gasteiger partial charge >= 0.3 is 0 Å². The van der Waals surface area contributed by atoms with Crippen LogP contribution in [0.1, 0.15) is 12.0 Å². The molecule has 0 amide bonds. The Morgan fingerprint density at radius 3 is 2.11 bits per heavy atom. The zero-order chi connectivity index (χ0) is 14.6. The van der Waals surface area contributed by atoms with E-state index in [4.69, 9.17) is 18.0 Å². The third kappa shape index (κ3) is 4.40. The highest BCUT2D eigenvalue weighted by molar-refractivity contribution is 7.80. The van der Waals surface area contributed by atoms with Crippen molar-refractivity contribution in [3.63, 3.8) is 0 Å². The van der Waals surface area contributed by atoms with Gasteiger partial charge in [0.25, 0.3) is 0 Å². The highest BCUT2D eigenvalue weighted by atomic mass is 32.1. The topological polar surface area (TPSA) is 32.5 Å². The number of hydrogen-bond acceptors (Lipinski definition) is 3. The van der Waals surface area contributed by atoms with Crippen LogP contribution in [0.3, 0.4) is 0 Å². The molecule has 106 valence electrons. The molecule has 1 rings (SSSR count). The van der Waals surface area contributed by atoms with Gasteiger partial charge in [-0.2, -0.15) is 0 Å². The number of nitrogens with two attached hydrogens (primary N) is 1. The number of hydrogen-bond donors (Lipinski definition) is 1. The summed E-state index contributed by atoms with van der Waals surface area (Å²) >= 11 is 4.71. The van der Waals surface area contributed by atoms with Crippen molar-refractivity contribution in [3.05, 3.63) is 29.3 Å². The van der Waals surface area contributed by atoms with Crippen LogP contribution in [0.2, 0.25) is 0 Å². The third-order valence-electron chi connectivity index (χ3n) is 2.78. The first-order valence-corrected chi connectivity index (χ1v) is 6.38. The minimum atomic E-state index is -0.643. The van der Waals surface area contributed by atoms with E-state index in [1.165, 1.54) is 12.1 Å². The Hall–Kier alpha value is -1.27. The molecule has 0 aliphatic heterocycles. The van der Waals surface area contributed by atoms with E-state index in [0.717, 1.165) is 13.0 Å². The lowest BCUT2D eigenvalue weighted by molar-refractivity contribution is 0.401. The van der Waals surface area contributed by atoms with Gasteiger partial charge in [-0.05, 0) is 39.2 Å². The van der Waals surface area contributed by atoms with Gasteiger partial charge in [-0.25, -0.2) is 8.78 Å². The standard InChI is InChI=1S/C13H19F2N3S/c1-17(2)5-4-6-18(3)12-10(14)7-9(13(16)19)8-11(12)15/h7-8H,4-6H2,1-3H3,(H2,16,19). The summed E-state index contributed by atoms with van der Waals surface area (Å²) in [4.78, 5) is 3.58. The average Bonchev–Trinajstić information content (AvgIpc) is 2.27. The van der Waals surface area contributed by atoms with Crippen LogP contribution in [0.5, 0.6) is 0 Å². The second-order valence-electron chi connectivity index (χ2n) is 4.73. The number of benzene rings is 1. The fourth-order valence-electron chi connectivity index (χ4n) is 1.81. The lowest BCUT2D eigenvalue weighted by Crippen LogP contribution is -2.25. The van der Waals surface area contributed by atoms with Crippen LogP contribution in [0.25, 0.3) is 0 Å². The normalized spacial score (nSPS) is 10.8. The monoisotopic (exact) mass is 287 g/mol. The maximum absolute atomic E-state index is 13.9.